The van der Waals surface area contributed by atoms with Crippen molar-refractivity contribution < 1.29 is 9.66 Å². The SMILES string of the molecule is O=[N+]([O-])c1cc(Cl)ccc1OCCCCS. The molecule has 1 rings (SSSR count). The lowest BCUT2D eigenvalue weighted by molar-refractivity contribution is -0.385. The van der Waals surface area contributed by atoms with Gasteiger partial charge in [0.2, 0.25) is 0 Å². The van der Waals surface area contributed by atoms with Gasteiger partial charge >= 0.3 is 5.69 Å². The minimum atomic E-state index is -0.500. The van der Waals surface area contributed by atoms with Crippen LogP contribution in [0.5, 0.6) is 5.75 Å². The van der Waals surface area contributed by atoms with E-state index in [4.69, 9.17) is 16.3 Å². The van der Waals surface area contributed by atoms with Gasteiger partial charge < -0.3 is 4.74 Å². The van der Waals surface area contributed by atoms with Crippen molar-refractivity contribution in [2.24, 2.45) is 0 Å². The standard InChI is InChI=1S/C10H12ClNO3S/c11-8-3-4-10(9(7-8)12(13)14)15-5-1-2-6-16/h3-4,7,16H,1-2,5-6H2. The highest BCUT2D eigenvalue weighted by atomic mass is 35.5. The van der Waals surface area contributed by atoms with E-state index in [0.29, 0.717) is 11.6 Å². The summed E-state index contributed by atoms with van der Waals surface area (Å²) in [5.74, 6) is 1.04. The molecule has 0 saturated heterocycles. The van der Waals surface area contributed by atoms with Gasteiger partial charge in [-0.3, -0.25) is 10.1 Å². The van der Waals surface area contributed by atoms with Crippen LogP contribution in [0, 0.1) is 10.1 Å². The summed E-state index contributed by atoms with van der Waals surface area (Å²) in [6, 6.07) is 4.37. The first-order valence-corrected chi connectivity index (χ1v) is 5.84. The molecule has 0 bridgehead atoms. The summed E-state index contributed by atoms with van der Waals surface area (Å²) in [5, 5.41) is 11.0. The molecule has 0 N–H and O–H groups in total. The third-order valence-corrected chi connectivity index (χ3v) is 2.48. The van der Waals surface area contributed by atoms with Crippen molar-refractivity contribution >= 4 is 29.9 Å². The second kappa shape index (κ2) is 6.60. The Morgan fingerprint density at radius 3 is 2.81 bits per heavy atom. The summed E-state index contributed by atoms with van der Waals surface area (Å²) in [4.78, 5) is 10.2. The summed E-state index contributed by atoms with van der Waals surface area (Å²) in [6.45, 7) is 0.447. The minimum Gasteiger partial charge on any atom is -0.487 e. The van der Waals surface area contributed by atoms with Gasteiger partial charge in [-0.25, -0.2) is 0 Å². The summed E-state index contributed by atoms with van der Waals surface area (Å²) in [5.41, 5.74) is -0.0987. The van der Waals surface area contributed by atoms with Crippen LogP contribution in [0.4, 0.5) is 5.69 Å². The number of halogens is 1. The van der Waals surface area contributed by atoms with E-state index >= 15 is 0 Å². The number of rotatable bonds is 6. The van der Waals surface area contributed by atoms with Crippen molar-refractivity contribution in [3.8, 4) is 5.75 Å². The van der Waals surface area contributed by atoms with Gasteiger partial charge in [-0.15, -0.1) is 0 Å². The Hall–Kier alpha value is -0.940. The predicted molar refractivity (Wildman–Crippen MR) is 66.7 cm³/mol. The molecule has 0 heterocycles. The lowest BCUT2D eigenvalue weighted by Gasteiger charge is -2.06. The molecule has 0 spiro atoms. The van der Waals surface area contributed by atoms with E-state index in [1.165, 1.54) is 12.1 Å². The fourth-order valence-corrected chi connectivity index (χ4v) is 1.54. The van der Waals surface area contributed by atoms with Crippen molar-refractivity contribution in [3.05, 3.63) is 33.3 Å². The van der Waals surface area contributed by atoms with Gasteiger partial charge in [-0.1, -0.05) is 11.6 Å². The predicted octanol–water partition coefficient (Wildman–Crippen LogP) is 3.34. The third-order valence-electron chi connectivity index (χ3n) is 1.93. The Kier molecular flexibility index (Phi) is 5.42. The van der Waals surface area contributed by atoms with Crippen LogP contribution < -0.4 is 4.74 Å². The molecule has 0 atom stereocenters. The number of benzene rings is 1. The van der Waals surface area contributed by atoms with Crippen LogP contribution in [0.25, 0.3) is 0 Å². The van der Waals surface area contributed by atoms with Crippen LogP contribution >= 0.6 is 24.2 Å². The minimum absolute atomic E-state index is 0.0987. The Labute approximate surface area is 104 Å². The second-order valence-electron chi connectivity index (χ2n) is 3.15. The molecule has 0 radical (unpaired) electrons. The summed E-state index contributed by atoms with van der Waals surface area (Å²) >= 11 is 9.74. The molecule has 0 aromatic heterocycles. The third kappa shape index (κ3) is 3.90. The van der Waals surface area contributed by atoms with Crippen LogP contribution in [-0.2, 0) is 0 Å². The molecule has 1 aromatic carbocycles. The van der Waals surface area contributed by atoms with E-state index in [9.17, 15) is 10.1 Å². The van der Waals surface area contributed by atoms with E-state index in [1.54, 1.807) is 6.07 Å². The first kappa shape index (κ1) is 13.1. The van der Waals surface area contributed by atoms with Gasteiger partial charge in [0.1, 0.15) is 0 Å². The Bertz CT molecular complexity index is 373. The van der Waals surface area contributed by atoms with E-state index in [2.05, 4.69) is 12.6 Å². The molecule has 0 unspecified atom stereocenters. The monoisotopic (exact) mass is 261 g/mol. The van der Waals surface area contributed by atoms with Gasteiger partial charge in [-0.2, -0.15) is 12.6 Å². The lowest BCUT2D eigenvalue weighted by Crippen LogP contribution is -2.00. The molecule has 88 valence electrons. The summed E-state index contributed by atoms with van der Waals surface area (Å²) in [6.07, 6.45) is 1.74. The maximum atomic E-state index is 10.7. The quantitative estimate of drug-likeness (QED) is 0.370. The normalized spacial score (nSPS) is 10.1. The highest BCUT2D eigenvalue weighted by molar-refractivity contribution is 7.80. The van der Waals surface area contributed by atoms with Crippen molar-refractivity contribution in [2.45, 2.75) is 12.8 Å². The molecule has 0 fully saturated rings. The van der Waals surface area contributed by atoms with Crippen LogP contribution in [0.3, 0.4) is 0 Å². The first-order chi connectivity index (χ1) is 7.65. The van der Waals surface area contributed by atoms with E-state index in [0.717, 1.165) is 18.6 Å². The van der Waals surface area contributed by atoms with Crippen molar-refractivity contribution in [1.29, 1.82) is 0 Å². The molecular formula is C10H12ClNO3S. The molecule has 6 heteroatoms. The second-order valence-corrected chi connectivity index (χ2v) is 4.03. The number of hydrogen-bond acceptors (Lipinski definition) is 4. The average molecular weight is 262 g/mol. The molecular weight excluding hydrogens is 250 g/mol. The van der Waals surface area contributed by atoms with E-state index in [1.807, 2.05) is 0 Å². The van der Waals surface area contributed by atoms with E-state index < -0.39 is 4.92 Å². The fourth-order valence-electron chi connectivity index (χ4n) is 1.15. The van der Waals surface area contributed by atoms with Gasteiger partial charge in [0.15, 0.2) is 5.75 Å². The average Bonchev–Trinajstić information content (AvgIpc) is 2.26. The zero-order valence-corrected chi connectivity index (χ0v) is 10.2. The van der Waals surface area contributed by atoms with Gasteiger partial charge in [0.25, 0.3) is 0 Å². The number of hydrogen-bond donors (Lipinski definition) is 1. The smallest absolute Gasteiger partial charge is 0.312 e. The van der Waals surface area contributed by atoms with Crippen molar-refractivity contribution in [3.63, 3.8) is 0 Å². The first-order valence-electron chi connectivity index (χ1n) is 4.82. The van der Waals surface area contributed by atoms with Gasteiger partial charge in [-0.05, 0) is 30.7 Å². The van der Waals surface area contributed by atoms with Crippen LogP contribution in [0.1, 0.15) is 12.8 Å². The topological polar surface area (TPSA) is 52.4 Å². The maximum Gasteiger partial charge on any atom is 0.312 e. The van der Waals surface area contributed by atoms with Crippen LogP contribution in [0.2, 0.25) is 5.02 Å². The molecule has 0 saturated carbocycles. The highest BCUT2D eigenvalue weighted by Gasteiger charge is 2.15. The molecule has 0 aliphatic heterocycles. The fraction of sp³-hybridized carbons (Fsp3) is 0.400. The Morgan fingerprint density at radius 2 is 2.19 bits per heavy atom. The van der Waals surface area contributed by atoms with Gasteiger partial charge in [0.05, 0.1) is 11.5 Å². The molecule has 16 heavy (non-hydrogen) atoms. The van der Waals surface area contributed by atoms with Crippen LogP contribution in [0.15, 0.2) is 18.2 Å². The number of nitro groups is 1. The Balaban J connectivity index is 2.67. The zero-order valence-electron chi connectivity index (χ0n) is 8.56. The molecule has 0 aliphatic carbocycles. The number of ether oxygens (including phenoxy) is 1. The number of unbranched alkanes of at least 4 members (excludes halogenated alkanes) is 1. The molecule has 0 amide bonds. The summed E-state index contributed by atoms with van der Waals surface area (Å²) < 4.78 is 5.32. The number of nitrogens with zero attached hydrogens (tertiary/aromatic N) is 1. The zero-order chi connectivity index (χ0) is 12.0. The number of thiol groups is 1. The van der Waals surface area contributed by atoms with Crippen LogP contribution in [-0.4, -0.2) is 17.3 Å². The maximum absolute atomic E-state index is 10.7. The molecule has 4 nitrogen and oxygen atoms in total. The lowest BCUT2D eigenvalue weighted by atomic mass is 10.3. The van der Waals surface area contributed by atoms with Crippen molar-refractivity contribution in [2.75, 3.05) is 12.4 Å². The summed E-state index contributed by atoms with van der Waals surface area (Å²) in [7, 11) is 0. The molecule has 1 aromatic rings. The highest BCUT2D eigenvalue weighted by Crippen LogP contribution is 2.29. The number of nitro benzene ring substituents is 1. The van der Waals surface area contributed by atoms with Crippen molar-refractivity contribution in [1.82, 2.24) is 0 Å². The van der Waals surface area contributed by atoms with Gasteiger partial charge in [0, 0.05) is 11.1 Å². The molecule has 0 aliphatic rings. The largest absolute Gasteiger partial charge is 0.487 e. The Morgan fingerprint density at radius 1 is 1.44 bits per heavy atom. The van der Waals surface area contributed by atoms with E-state index in [-0.39, 0.29) is 11.4 Å².